The molecule has 0 saturated carbocycles. The molecule has 0 aliphatic rings. The molecule has 1 aromatic carbocycles. The van der Waals surface area contributed by atoms with Gasteiger partial charge in [-0.1, -0.05) is 0 Å². The summed E-state index contributed by atoms with van der Waals surface area (Å²) in [5.41, 5.74) is 0.898. The van der Waals surface area contributed by atoms with E-state index in [2.05, 4.69) is 19.7 Å². The van der Waals surface area contributed by atoms with Crippen LogP contribution in [0.2, 0.25) is 0 Å². The van der Waals surface area contributed by atoms with E-state index < -0.39 is 5.79 Å². The van der Waals surface area contributed by atoms with Crippen LogP contribution < -0.4 is 0 Å². The zero-order chi connectivity index (χ0) is 11.0. The summed E-state index contributed by atoms with van der Waals surface area (Å²) in [6.07, 6.45) is 0. The SMILES string of the molecule is COC(C)(OC)c1[c-]cccc1.[Zn+][Br]. The molecule has 0 aliphatic carbocycles. The van der Waals surface area contributed by atoms with Crippen LogP contribution in [0.3, 0.4) is 0 Å². The Morgan fingerprint density at radius 1 is 1.29 bits per heavy atom. The summed E-state index contributed by atoms with van der Waals surface area (Å²) >= 11 is 4.25. The van der Waals surface area contributed by atoms with Gasteiger partial charge >= 0.3 is 30.0 Å². The van der Waals surface area contributed by atoms with Gasteiger partial charge in [0.25, 0.3) is 0 Å². The van der Waals surface area contributed by atoms with E-state index >= 15 is 0 Å². The molecule has 2 nitrogen and oxygen atoms in total. The maximum absolute atomic E-state index is 5.22. The molecule has 0 unspecified atom stereocenters. The van der Waals surface area contributed by atoms with Crippen molar-refractivity contribution in [3.05, 3.63) is 35.9 Å². The minimum atomic E-state index is -0.679. The predicted octanol–water partition coefficient (Wildman–Crippen LogP) is 2.80. The maximum atomic E-state index is 5.22. The molecule has 0 bridgehead atoms. The van der Waals surface area contributed by atoms with Gasteiger partial charge in [-0.15, -0.1) is 5.56 Å². The standard InChI is InChI=1S/C10H13O2.BrH.Zn/c1-10(11-2,12-3)9-7-5-4-6-8-9;;/h4-7H,1-3H3;1H;/q-1;;+2/p-1. The van der Waals surface area contributed by atoms with Crippen molar-refractivity contribution in [3.63, 3.8) is 0 Å². The van der Waals surface area contributed by atoms with Crippen LogP contribution in [-0.2, 0) is 31.6 Å². The minimum absolute atomic E-state index is 0.679. The molecule has 0 aliphatic heterocycles. The first-order chi connectivity index (χ1) is 6.73. The molecule has 0 N–H and O–H groups in total. The topological polar surface area (TPSA) is 18.5 Å². The van der Waals surface area contributed by atoms with Crippen molar-refractivity contribution in [2.24, 2.45) is 0 Å². The number of benzene rings is 1. The number of halogens is 1. The van der Waals surface area contributed by atoms with Crippen LogP contribution in [0, 0.1) is 6.07 Å². The third-order valence-corrected chi connectivity index (χ3v) is 1.98. The van der Waals surface area contributed by atoms with Gasteiger partial charge < -0.3 is 9.47 Å². The molecular weight excluding hydrogens is 297 g/mol. The molecule has 14 heavy (non-hydrogen) atoms. The molecule has 0 amide bonds. The molecule has 74 valence electrons. The van der Waals surface area contributed by atoms with Crippen molar-refractivity contribution in [1.29, 1.82) is 0 Å². The van der Waals surface area contributed by atoms with E-state index in [1.807, 2.05) is 31.2 Å². The summed E-state index contributed by atoms with van der Waals surface area (Å²) in [7, 11) is 3.23. The van der Waals surface area contributed by atoms with E-state index in [9.17, 15) is 0 Å². The van der Waals surface area contributed by atoms with Gasteiger partial charge in [0, 0.05) is 14.2 Å². The number of methoxy groups -OCH3 is 2. The Labute approximate surface area is 102 Å². The molecule has 4 heteroatoms. The van der Waals surface area contributed by atoms with E-state index in [-0.39, 0.29) is 0 Å². The van der Waals surface area contributed by atoms with Crippen LogP contribution in [0.15, 0.2) is 24.3 Å². The van der Waals surface area contributed by atoms with Crippen molar-refractivity contribution in [2.45, 2.75) is 12.7 Å². The Morgan fingerprint density at radius 3 is 2.21 bits per heavy atom. The molecule has 1 aromatic rings. The van der Waals surface area contributed by atoms with Crippen molar-refractivity contribution in [3.8, 4) is 0 Å². The second-order valence-electron chi connectivity index (χ2n) is 2.63. The van der Waals surface area contributed by atoms with Crippen molar-refractivity contribution in [1.82, 2.24) is 0 Å². The van der Waals surface area contributed by atoms with Crippen LogP contribution in [0.5, 0.6) is 0 Å². The van der Waals surface area contributed by atoms with E-state index in [0.29, 0.717) is 0 Å². The van der Waals surface area contributed by atoms with Gasteiger partial charge in [-0.2, -0.15) is 30.3 Å². The molecule has 0 aromatic heterocycles. The summed E-state index contributed by atoms with van der Waals surface area (Å²) in [4.78, 5) is 0. The summed E-state index contributed by atoms with van der Waals surface area (Å²) < 4.78 is 10.4. The molecule has 0 saturated heterocycles. The van der Waals surface area contributed by atoms with Gasteiger partial charge in [-0.25, -0.2) is 0 Å². The molecule has 0 atom stereocenters. The second kappa shape index (κ2) is 7.52. The molecule has 0 spiro atoms. The van der Waals surface area contributed by atoms with Crippen molar-refractivity contribution < 1.29 is 25.8 Å². The average molecular weight is 311 g/mol. The second-order valence-corrected chi connectivity index (χ2v) is 2.63. The van der Waals surface area contributed by atoms with Gasteiger partial charge in [0.15, 0.2) is 5.79 Å². The summed E-state index contributed by atoms with van der Waals surface area (Å²) in [5.74, 6) is -0.679. The van der Waals surface area contributed by atoms with Crippen LogP contribution >= 0.6 is 13.6 Å². The first-order valence-electron chi connectivity index (χ1n) is 4.07. The average Bonchev–Trinajstić information content (AvgIpc) is 2.32. The Bertz CT molecular complexity index is 237. The zero-order valence-electron chi connectivity index (χ0n) is 8.71. The quantitative estimate of drug-likeness (QED) is 0.485. The first kappa shape index (κ1) is 14.2. The fourth-order valence-electron chi connectivity index (χ4n) is 0.979. The van der Waals surface area contributed by atoms with Gasteiger partial charge in [0.2, 0.25) is 0 Å². The predicted molar refractivity (Wildman–Crippen MR) is 55.6 cm³/mol. The Kier molecular flexibility index (Phi) is 7.65. The van der Waals surface area contributed by atoms with Crippen LogP contribution in [0.25, 0.3) is 0 Å². The van der Waals surface area contributed by atoms with E-state index in [1.165, 1.54) is 16.3 Å². The third-order valence-electron chi connectivity index (χ3n) is 1.98. The Hall–Kier alpha value is 0.243. The summed E-state index contributed by atoms with van der Waals surface area (Å²) in [6.45, 7) is 1.86. The number of ether oxygens (including phenoxy) is 2. The van der Waals surface area contributed by atoms with Gasteiger partial charge in [-0.3, -0.25) is 0 Å². The molecule has 0 radical (unpaired) electrons. The summed E-state index contributed by atoms with van der Waals surface area (Å²) in [5, 5.41) is 0. The monoisotopic (exact) mass is 308 g/mol. The van der Waals surface area contributed by atoms with E-state index in [4.69, 9.17) is 9.47 Å². The van der Waals surface area contributed by atoms with Gasteiger partial charge in [-0.05, 0) is 6.92 Å². The van der Waals surface area contributed by atoms with Crippen molar-refractivity contribution in [2.75, 3.05) is 14.2 Å². The number of hydrogen-bond acceptors (Lipinski definition) is 2. The Morgan fingerprint density at radius 2 is 1.86 bits per heavy atom. The van der Waals surface area contributed by atoms with Crippen LogP contribution in [0.4, 0.5) is 0 Å². The Balaban J connectivity index is 0.000000791. The molecule has 1 rings (SSSR count). The van der Waals surface area contributed by atoms with Gasteiger partial charge in [0.1, 0.15) is 0 Å². The first-order valence-corrected chi connectivity index (χ1v) is 11.0. The van der Waals surface area contributed by atoms with E-state index in [0.717, 1.165) is 5.56 Å². The fourth-order valence-corrected chi connectivity index (χ4v) is 0.979. The van der Waals surface area contributed by atoms with Gasteiger partial charge in [0.05, 0.1) is 0 Å². The zero-order valence-corrected chi connectivity index (χ0v) is 13.3. The molecule has 0 heterocycles. The number of rotatable bonds is 3. The summed E-state index contributed by atoms with van der Waals surface area (Å²) in [6, 6.07) is 10.7. The third kappa shape index (κ3) is 3.78. The number of hydrogen-bond donors (Lipinski definition) is 0. The molecule has 0 fully saturated rings. The van der Waals surface area contributed by atoms with Crippen LogP contribution in [0.1, 0.15) is 12.5 Å². The molecular formula is C10H13BrO2Zn. The van der Waals surface area contributed by atoms with Crippen molar-refractivity contribution >= 4 is 13.6 Å². The fraction of sp³-hybridized carbons (Fsp3) is 0.400. The van der Waals surface area contributed by atoms with Crippen LogP contribution in [-0.4, -0.2) is 14.2 Å². The van der Waals surface area contributed by atoms with E-state index in [1.54, 1.807) is 14.2 Å². The normalized spacial score (nSPS) is 10.4.